The van der Waals surface area contributed by atoms with Crippen LogP contribution in [0.3, 0.4) is 0 Å². The van der Waals surface area contributed by atoms with E-state index in [1.54, 1.807) is 6.20 Å². The molecule has 0 aromatic carbocycles. The Morgan fingerprint density at radius 3 is 2.57 bits per heavy atom. The Kier molecular flexibility index (Phi) is 4.96. The van der Waals surface area contributed by atoms with E-state index >= 15 is 0 Å². The predicted molar refractivity (Wildman–Crippen MR) is 87.6 cm³/mol. The summed E-state index contributed by atoms with van der Waals surface area (Å²) in [5.41, 5.74) is 0.787. The second-order valence-electron chi connectivity index (χ2n) is 7.11. The summed E-state index contributed by atoms with van der Waals surface area (Å²) in [4.78, 5) is 4.54. The third kappa shape index (κ3) is 3.97. The first-order valence-corrected chi connectivity index (χ1v) is 8.18. The van der Waals surface area contributed by atoms with E-state index in [1.807, 2.05) is 12.1 Å². The topological polar surface area (TPSA) is 34.2 Å². The van der Waals surface area contributed by atoms with E-state index < -0.39 is 0 Å². The molecule has 2 unspecified atom stereocenters. The van der Waals surface area contributed by atoms with Gasteiger partial charge in [0, 0.05) is 12.1 Å². The molecule has 118 valence electrons. The van der Waals surface area contributed by atoms with Crippen LogP contribution in [0.4, 0.5) is 0 Å². The van der Waals surface area contributed by atoms with E-state index in [0.29, 0.717) is 10.9 Å². The van der Waals surface area contributed by atoms with Crippen LogP contribution in [0.1, 0.15) is 59.2 Å². The molecule has 0 saturated carbocycles. The number of pyridine rings is 1. The number of rotatable bonds is 5. The summed E-state index contributed by atoms with van der Waals surface area (Å²) >= 11 is 5.97. The van der Waals surface area contributed by atoms with Crippen LogP contribution in [0.5, 0.6) is 0 Å². The summed E-state index contributed by atoms with van der Waals surface area (Å²) in [5.74, 6) is 0.382. The van der Waals surface area contributed by atoms with E-state index in [-0.39, 0.29) is 17.2 Å². The fourth-order valence-electron chi connectivity index (χ4n) is 3.45. The molecule has 2 atom stereocenters. The zero-order chi connectivity index (χ0) is 15.7. The first kappa shape index (κ1) is 16.7. The van der Waals surface area contributed by atoms with E-state index in [4.69, 9.17) is 16.3 Å². The fraction of sp³-hybridized carbons (Fsp3) is 0.706. The van der Waals surface area contributed by atoms with Crippen LogP contribution < -0.4 is 5.32 Å². The molecule has 1 aromatic rings. The first-order valence-electron chi connectivity index (χ1n) is 7.80. The van der Waals surface area contributed by atoms with Crippen LogP contribution in [0, 0.1) is 5.92 Å². The number of halogens is 1. The summed E-state index contributed by atoms with van der Waals surface area (Å²) in [6.07, 6.45) is 3.85. The normalized spacial score (nSPS) is 25.0. The fourth-order valence-corrected chi connectivity index (χ4v) is 3.56. The Morgan fingerprint density at radius 1 is 1.38 bits per heavy atom. The maximum Gasteiger partial charge on any atom is 0.0681 e. The molecule has 1 saturated heterocycles. The van der Waals surface area contributed by atoms with Gasteiger partial charge < -0.3 is 10.1 Å². The van der Waals surface area contributed by atoms with Crippen molar-refractivity contribution < 1.29 is 4.74 Å². The molecule has 0 bridgehead atoms. The molecule has 1 N–H and O–H groups in total. The zero-order valence-electron chi connectivity index (χ0n) is 13.7. The smallest absolute Gasteiger partial charge is 0.0681 e. The molecule has 1 fully saturated rings. The Balaban J connectivity index is 2.29. The van der Waals surface area contributed by atoms with Gasteiger partial charge in [-0.15, -0.1) is 0 Å². The van der Waals surface area contributed by atoms with Gasteiger partial charge in [-0.3, -0.25) is 4.98 Å². The highest BCUT2D eigenvalue weighted by Gasteiger charge is 2.49. The molecule has 1 aromatic heterocycles. The second-order valence-corrected chi connectivity index (χ2v) is 7.55. The van der Waals surface area contributed by atoms with Gasteiger partial charge in [0.15, 0.2) is 0 Å². The number of ether oxygens (including phenoxy) is 1. The minimum absolute atomic E-state index is 0.0905. The van der Waals surface area contributed by atoms with E-state index in [9.17, 15) is 0 Å². The van der Waals surface area contributed by atoms with Gasteiger partial charge in [-0.05, 0) is 59.2 Å². The predicted octanol–water partition coefficient (Wildman–Crippen LogP) is 4.37. The molecule has 1 aliphatic heterocycles. The lowest BCUT2D eigenvalue weighted by atomic mass is 9.80. The molecule has 0 radical (unpaired) electrons. The van der Waals surface area contributed by atoms with Crippen molar-refractivity contribution in [3.05, 3.63) is 29.0 Å². The lowest BCUT2D eigenvalue weighted by molar-refractivity contribution is -0.0780. The molecule has 3 nitrogen and oxygen atoms in total. The number of aromatic nitrogens is 1. The summed E-state index contributed by atoms with van der Waals surface area (Å²) in [6, 6.07) is 4.13. The van der Waals surface area contributed by atoms with Crippen LogP contribution in [0.15, 0.2) is 18.3 Å². The Hall–Kier alpha value is -0.640. The highest BCUT2D eigenvalue weighted by Crippen LogP contribution is 2.47. The quantitative estimate of drug-likeness (QED) is 0.877. The third-order valence-electron chi connectivity index (χ3n) is 4.23. The van der Waals surface area contributed by atoms with Crippen molar-refractivity contribution in [3.63, 3.8) is 0 Å². The Bertz CT molecular complexity index is 470. The van der Waals surface area contributed by atoms with Crippen LogP contribution >= 0.6 is 11.6 Å². The average molecular weight is 311 g/mol. The van der Waals surface area contributed by atoms with Crippen molar-refractivity contribution in [2.24, 2.45) is 5.92 Å². The van der Waals surface area contributed by atoms with Crippen LogP contribution in [0.25, 0.3) is 0 Å². The summed E-state index contributed by atoms with van der Waals surface area (Å²) in [7, 11) is 0. The van der Waals surface area contributed by atoms with Crippen molar-refractivity contribution in [3.8, 4) is 0 Å². The van der Waals surface area contributed by atoms with Gasteiger partial charge in [-0.25, -0.2) is 0 Å². The molecule has 0 spiro atoms. The van der Waals surface area contributed by atoms with Crippen molar-refractivity contribution >= 4 is 11.6 Å². The van der Waals surface area contributed by atoms with Crippen molar-refractivity contribution in [1.82, 2.24) is 10.3 Å². The maximum absolute atomic E-state index is 6.26. The molecule has 0 aliphatic carbocycles. The van der Waals surface area contributed by atoms with Crippen molar-refractivity contribution in [1.29, 1.82) is 0 Å². The number of nitrogens with one attached hydrogen (secondary N) is 1. The number of hydrogen-bond acceptors (Lipinski definition) is 3. The van der Waals surface area contributed by atoms with Gasteiger partial charge in [0.25, 0.3) is 0 Å². The van der Waals surface area contributed by atoms with Gasteiger partial charge in [0.2, 0.25) is 0 Å². The Labute approximate surface area is 133 Å². The van der Waals surface area contributed by atoms with E-state index in [2.05, 4.69) is 44.9 Å². The SMILES string of the molecule is CCCNC(c1ccc(Cl)cn1)C1CC(C)(C)OC1(C)C. The maximum atomic E-state index is 6.26. The largest absolute Gasteiger partial charge is 0.369 e. The Morgan fingerprint density at radius 2 is 2.10 bits per heavy atom. The molecular formula is C17H27ClN2O. The van der Waals surface area contributed by atoms with Crippen LogP contribution in [-0.2, 0) is 4.74 Å². The summed E-state index contributed by atoms with van der Waals surface area (Å²) < 4.78 is 6.26. The lowest BCUT2D eigenvalue weighted by Crippen LogP contribution is -2.39. The molecule has 21 heavy (non-hydrogen) atoms. The molecule has 2 heterocycles. The molecule has 4 heteroatoms. The van der Waals surface area contributed by atoms with Crippen molar-refractivity contribution in [2.45, 2.75) is 64.7 Å². The molecule has 0 amide bonds. The number of nitrogens with zero attached hydrogens (tertiary/aromatic N) is 1. The third-order valence-corrected chi connectivity index (χ3v) is 4.45. The van der Waals surface area contributed by atoms with Gasteiger partial charge >= 0.3 is 0 Å². The van der Waals surface area contributed by atoms with Crippen LogP contribution in [0.2, 0.25) is 5.02 Å². The van der Waals surface area contributed by atoms with Gasteiger partial charge in [0.05, 0.1) is 28.0 Å². The minimum atomic E-state index is -0.170. The minimum Gasteiger partial charge on any atom is -0.369 e. The average Bonchev–Trinajstić information content (AvgIpc) is 2.60. The first-order chi connectivity index (χ1) is 9.75. The zero-order valence-corrected chi connectivity index (χ0v) is 14.5. The summed E-state index contributed by atoms with van der Waals surface area (Å²) in [6.45, 7) is 11.9. The monoisotopic (exact) mass is 310 g/mol. The van der Waals surface area contributed by atoms with Gasteiger partial charge in [-0.1, -0.05) is 18.5 Å². The lowest BCUT2D eigenvalue weighted by Gasteiger charge is -2.33. The van der Waals surface area contributed by atoms with E-state index in [0.717, 1.165) is 25.1 Å². The highest BCUT2D eigenvalue weighted by molar-refractivity contribution is 6.30. The number of hydrogen-bond donors (Lipinski definition) is 1. The van der Waals surface area contributed by atoms with Gasteiger partial charge in [0.1, 0.15) is 0 Å². The molecule has 1 aliphatic rings. The highest BCUT2D eigenvalue weighted by atomic mass is 35.5. The second kappa shape index (κ2) is 6.23. The molecular weight excluding hydrogens is 284 g/mol. The standard InChI is InChI=1S/C17H27ClN2O/c1-6-9-19-15(14-8-7-12(18)11-20-14)13-10-16(2,3)21-17(13,4)5/h7-8,11,13,15,19H,6,9-10H2,1-5H3. The van der Waals surface area contributed by atoms with Gasteiger partial charge in [-0.2, -0.15) is 0 Å². The van der Waals surface area contributed by atoms with Crippen molar-refractivity contribution in [2.75, 3.05) is 6.54 Å². The van der Waals surface area contributed by atoms with Crippen LogP contribution in [-0.4, -0.2) is 22.7 Å². The summed E-state index contributed by atoms with van der Waals surface area (Å²) in [5, 5.41) is 4.33. The van der Waals surface area contributed by atoms with E-state index in [1.165, 1.54) is 0 Å². The molecule has 2 rings (SSSR count).